The Morgan fingerprint density at radius 2 is 2.00 bits per heavy atom. The van der Waals surface area contributed by atoms with Crippen molar-refractivity contribution in [1.29, 1.82) is 0 Å². The molecule has 0 spiro atoms. The summed E-state index contributed by atoms with van der Waals surface area (Å²) in [6, 6.07) is 0.0987. The van der Waals surface area contributed by atoms with Gasteiger partial charge in [0.05, 0.1) is 12.2 Å². The van der Waals surface area contributed by atoms with Gasteiger partial charge in [0.2, 0.25) is 5.91 Å². The monoisotopic (exact) mass is 252 g/mol. The number of carbonyl (C=O) groups excluding carboxylic acids is 1. The molecule has 1 heterocycles. The van der Waals surface area contributed by atoms with Crippen LogP contribution in [0.3, 0.4) is 0 Å². The highest BCUT2D eigenvalue weighted by molar-refractivity contribution is 5.84. The Kier molecular flexibility index (Phi) is 5.04. The molecule has 3 nitrogen and oxygen atoms in total. The van der Waals surface area contributed by atoms with Crippen molar-refractivity contribution in [2.45, 2.75) is 77.4 Å². The molecule has 2 atom stereocenters. The van der Waals surface area contributed by atoms with Crippen molar-refractivity contribution in [3.63, 3.8) is 0 Å². The van der Waals surface area contributed by atoms with Crippen LogP contribution in [0.2, 0.25) is 0 Å². The van der Waals surface area contributed by atoms with Crippen LogP contribution in [0.1, 0.15) is 65.2 Å². The Bertz CT molecular complexity index is 276. The lowest BCUT2D eigenvalue weighted by Gasteiger charge is -2.33. The van der Waals surface area contributed by atoms with Gasteiger partial charge in [-0.2, -0.15) is 0 Å². The Balaban J connectivity index is 1.91. The largest absolute Gasteiger partial charge is 0.326 e. The van der Waals surface area contributed by atoms with Crippen molar-refractivity contribution in [3.8, 4) is 0 Å². The van der Waals surface area contributed by atoms with Crippen molar-refractivity contribution in [2.24, 2.45) is 5.92 Å². The molecule has 2 aliphatic rings. The lowest BCUT2D eigenvalue weighted by Crippen LogP contribution is -2.41. The first-order valence-electron chi connectivity index (χ1n) is 7.82. The minimum atomic E-state index is 0.0987. The fourth-order valence-corrected chi connectivity index (χ4v) is 3.05. The number of hydrogen-bond acceptors (Lipinski definition) is 2. The third-order valence-electron chi connectivity index (χ3n) is 4.44. The third kappa shape index (κ3) is 3.05. The summed E-state index contributed by atoms with van der Waals surface area (Å²) in [5.74, 6) is 1.15. The van der Waals surface area contributed by atoms with Gasteiger partial charge in [-0.3, -0.25) is 10.1 Å². The predicted octanol–water partition coefficient (Wildman–Crippen LogP) is 2.90. The summed E-state index contributed by atoms with van der Waals surface area (Å²) in [5, 5.41) is 3.56. The second-order valence-corrected chi connectivity index (χ2v) is 5.95. The normalized spacial score (nSPS) is 28.8. The first-order chi connectivity index (χ1) is 8.76. The lowest BCUT2D eigenvalue weighted by atomic mass is 9.85. The van der Waals surface area contributed by atoms with Gasteiger partial charge in [-0.25, -0.2) is 0 Å². The predicted molar refractivity (Wildman–Crippen MR) is 74.2 cm³/mol. The first kappa shape index (κ1) is 13.9. The minimum absolute atomic E-state index is 0.0987. The van der Waals surface area contributed by atoms with E-state index >= 15 is 0 Å². The van der Waals surface area contributed by atoms with Gasteiger partial charge < -0.3 is 4.90 Å². The molecule has 2 unspecified atom stereocenters. The maximum atomic E-state index is 12.4. The molecule has 104 valence electrons. The van der Waals surface area contributed by atoms with Gasteiger partial charge >= 0.3 is 0 Å². The molecule has 0 aromatic carbocycles. The average Bonchev–Trinajstić information content (AvgIpc) is 2.59. The van der Waals surface area contributed by atoms with E-state index in [2.05, 4.69) is 24.1 Å². The van der Waals surface area contributed by atoms with Crippen LogP contribution in [0.15, 0.2) is 0 Å². The smallest absolute Gasteiger partial charge is 0.241 e. The number of hydrogen-bond donors (Lipinski definition) is 1. The quantitative estimate of drug-likeness (QED) is 0.755. The van der Waals surface area contributed by atoms with Crippen molar-refractivity contribution >= 4 is 5.91 Å². The molecule has 0 aromatic heterocycles. The maximum absolute atomic E-state index is 12.4. The van der Waals surface area contributed by atoms with Crippen molar-refractivity contribution in [2.75, 3.05) is 6.54 Å². The molecular formula is C15H28N2O. The molecule has 18 heavy (non-hydrogen) atoms. The van der Waals surface area contributed by atoms with Crippen LogP contribution in [-0.4, -0.2) is 29.6 Å². The fraction of sp³-hybridized carbons (Fsp3) is 0.933. The van der Waals surface area contributed by atoms with Gasteiger partial charge in [0, 0.05) is 6.54 Å². The first-order valence-corrected chi connectivity index (χ1v) is 7.82. The van der Waals surface area contributed by atoms with Gasteiger partial charge in [-0.15, -0.1) is 0 Å². The minimum Gasteiger partial charge on any atom is -0.326 e. The van der Waals surface area contributed by atoms with E-state index in [1.807, 2.05) is 0 Å². The van der Waals surface area contributed by atoms with Crippen LogP contribution in [0.25, 0.3) is 0 Å². The zero-order valence-electron chi connectivity index (χ0n) is 12.0. The SMILES string of the molecule is CCCCC1NC(CCC)N(CC2CCC2)C1=O. The summed E-state index contributed by atoms with van der Waals surface area (Å²) < 4.78 is 0. The van der Waals surface area contributed by atoms with Crippen LogP contribution in [0.5, 0.6) is 0 Å². The van der Waals surface area contributed by atoms with E-state index in [0.29, 0.717) is 12.1 Å². The molecule has 1 amide bonds. The van der Waals surface area contributed by atoms with Gasteiger partial charge in [0.25, 0.3) is 0 Å². The van der Waals surface area contributed by atoms with Gasteiger partial charge in [-0.1, -0.05) is 39.5 Å². The zero-order valence-corrected chi connectivity index (χ0v) is 12.0. The van der Waals surface area contributed by atoms with Crippen LogP contribution in [0.4, 0.5) is 0 Å². The highest BCUT2D eigenvalue weighted by Gasteiger charge is 2.39. The van der Waals surface area contributed by atoms with Crippen LogP contribution < -0.4 is 5.32 Å². The summed E-state index contributed by atoms with van der Waals surface area (Å²) in [6.45, 7) is 5.39. The second-order valence-electron chi connectivity index (χ2n) is 5.95. The molecule has 2 fully saturated rings. The molecule has 1 N–H and O–H groups in total. The standard InChI is InChI=1S/C15H28N2O/c1-3-5-10-13-15(18)17(11-12-8-6-9-12)14(16-13)7-4-2/h12-14,16H,3-11H2,1-2H3. The molecule has 3 heteroatoms. The Hall–Kier alpha value is -0.570. The third-order valence-corrected chi connectivity index (χ3v) is 4.44. The molecule has 0 aromatic rings. The summed E-state index contributed by atoms with van der Waals surface area (Å²) in [4.78, 5) is 14.6. The van der Waals surface area contributed by atoms with Gasteiger partial charge in [0.15, 0.2) is 0 Å². The van der Waals surface area contributed by atoms with E-state index in [4.69, 9.17) is 0 Å². The van der Waals surface area contributed by atoms with Crippen molar-refractivity contribution in [3.05, 3.63) is 0 Å². The number of amides is 1. The number of unbranched alkanes of at least 4 members (excludes halogenated alkanes) is 1. The molecular weight excluding hydrogens is 224 g/mol. The van der Waals surface area contributed by atoms with Gasteiger partial charge in [-0.05, 0) is 31.6 Å². The van der Waals surface area contributed by atoms with Crippen LogP contribution >= 0.6 is 0 Å². The van der Waals surface area contributed by atoms with Crippen LogP contribution in [0, 0.1) is 5.92 Å². The van der Waals surface area contributed by atoms with E-state index in [1.165, 1.54) is 25.7 Å². The van der Waals surface area contributed by atoms with E-state index in [-0.39, 0.29) is 6.04 Å². The van der Waals surface area contributed by atoms with E-state index in [0.717, 1.165) is 38.1 Å². The molecule has 1 saturated heterocycles. The molecule has 2 rings (SSSR count). The number of rotatable bonds is 7. The Labute approximate surface area is 111 Å². The summed E-state index contributed by atoms with van der Waals surface area (Å²) in [6.07, 6.45) is 9.89. The second kappa shape index (κ2) is 6.55. The maximum Gasteiger partial charge on any atom is 0.241 e. The number of nitrogens with one attached hydrogen (secondary N) is 1. The lowest BCUT2D eigenvalue weighted by molar-refractivity contribution is -0.131. The zero-order chi connectivity index (χ0) is 13.0. The highest BCUT2D eigenvalue weighted by Crippen LogP contribution is 2.30. The van der Waals surface area contributed by atoms with E-state index in [1.54, 1.807) is 0 Å². The van der Waals surface area contributed by atoms with Crippen LogP contribution in [-0.2, 0) is 4.79 Å². The van der Waals surface area contributed by atoms with Crippen molar-refractivity contribution in [1.82, 2.24) is 10.2 Å². The Morgan fingerprint density at radius 3 is 2.56 bits per heavy atom. The topological polar surface area (TPSA) is 32.3 Å². The summed E-state index contributed by atoms with van der Waals surface area (Å²) >= 11 is 0. The summed E-state index contributed by atoms with van der Waals surface area (Å²) in [5.41, 5.74) is 0. The fourth-order valence-electron chi connectivity index (χ4n) is 3.05. The number of carbonyl (C=O) groups is 1. The molecule has 0 radical (unpaired) electrons. The van der Waals surface area contributed by atoms with E-state index < -0.39 is 0 Å². The molecule has 1 saturated carbocycles. The van der Waals surface area contributed by atoms with Gasteiger partial charge in [0.1, 0.15) is 0 Å². The molecule has 0 bridgehead atoms. The van der Waals surface area contributed by atoms with E-state index in [9.17, 15) is 4.79 Å². The highest BCUT2D eigenvalue weighted by atomic mass is 16.2. The van der Waals surface area contributed by atoms with Crippen molar-refractivity contribution < 1.29 is 4.79 Å². The summed E-state index contributed by atoms with van der Waals surface area (Å²) in [7, 11) is 0. The Morgan fingerprint density at radius 1 is 1.22 bits per heavy atom. The average molecular weight is 252 g/mol. The molecule has 1 aliphatic carbocycles. The molecule has 1 aliphatic heterocycles. The number of nitrogens with zero attached hydrogens (tertiary/aromatic N) is 1.